The largest absolute Gasteiger partial charge is 0.508 e. The normalized spacial score (nSPS) is 16.0. The van der Waals surface area contributed by atoms with E-state index < -0.39 is 47.7 Å². The van der Waals surface area contributed by atoms with E-state index in [9.17, 15) is 40.2 Å². The summed E-state index contributed by atoms with van der Waals surface area (Å²) in [6.07, 6.45) is -4.88. The van der Waals surface area contributed by atoms with E-state index in [0.29, 0.717) is 33.0 Å². The maximum Gasteiger partial charge on any atom is 0.422 e. The highest BCUT2D eigenvalue weighted by atomic mass is 32.2. The van der Waals surface area contributed by atoms with Crippen molar-refractivity contribution in [1.29, 1.82) is 0 Å². The second kappa shape index (κ2) is 32.9. The van der Waals surface area contributed by atoms with E-state index in [1.165, 1.54) is 67.9 Å². The van der Waals surface area contributed by atoms with Crippen molar-refractivity contribution in [2.75, 3.05) is 98.9 Å². The van der Waals surface area contributed by atoms with Crippen LogP contribution in [0.25, 0.3) is 57.4 Å². The first-order valence-electron chi connectivity index (χ1n) is 31.3. The molecule has 15 rings (SSSR count). The Labute approximate surface area is 561 Å². The molecule has 0 amide bonds. The molecule has 4 fully saturated rings. The van der Waals surface area contributed by atoms with Crippen LogP contribution in [0.1, 0.15) is 19.3 Å². The number of ether oxygens (including phenoxy) is 5. The molecule has 0 spiro atoms. The topological polar surface area (TPSA) is 86.6 Å². The molecule has 5 heterocycles. The minimum Gasteiger partial charge on any atom is -0.508 e. The van der Waals surface area contributed by atoms with Gasteiger partial charge in [-0.15, -0.1) is 0 Å². The summed E-state index contributed by atoms with van der Waals surface area (Å²) in [6.45, 7) is 2.44. The van der Waals surface area contributed by atoms with Crippen LogP contribution in [0.15, 0.2) is 220 Å². The molecule has 0 bridgehead atoms. The van der Waals surface area contributed by atoms with E-state index in [1.54, 1.807) is 24.3 Å². The SMILES string of the molecule is FC(F)(F)COc1ccc([S+]2CCCCC2)c2ccccc12.FC(F)(F)COc1ccc([S+]2CCOCC2)c2ccccc12.Fc1cc(F)cc(-[s+]2c3ccccc3c3ccccc32)c1.Oc1ccc([S+]2CCOCC2)c2ccccc12.Oc1ccc([S+]2CCOCC2)cc1. The zero-order valence-electron chi connectivity index (χ0n) is 52.0. The van der Waals surface area contributed by atoms with Gasteiger partial charge in [-0.05, 0) is 122 Å². The molecule has 0 unspecified atom stereocenters. The molecule has 10 aromatic carbocycles. The number of rotatable bonds is 9. The number of fused-ring (bicyclic) bond motifs is 6. The maximum absolute atomic E-state index is 13.6. The Morgan fingerprint density at radius 1 is 0.347 bits per heavy atom. The van der Waals surface area contributed by atoms with Crippen molar-refractivity contribution in [3.05, 3.63) is 212 Å². The molecule has 1 aromatic heterocycles. The fourth-order valence-electron chi connectivity index (χ4n) is 11.8. The summed E-state index contributed by atoms with van der Waals surface area (Å²) < 4.78 is 130. The second-order valence-corrected chi connectivity index (χ2v) is 33.5. The molecule has 0 aliphatic carbocycles. The van der Waals surface area contributed by atoms with Crippen LogP contribution in [0.4, 0.5) is 35.1 Å². The number of halogens is 8. The lowest BCUT2D eigenvalue weighted by Crippen LogP contribution is -2.26. The van der Waals surface area contributed by atoms with Gasteiger partial charge in [0.1, 0.15) is 80.7 Å². The van der Waals surface area contributed by atoms with Gasteiger partial charge in [0.15, 0.2) is 47.1 Å². The lowest BCUT2D eigenvalue weighted by Gasteiger charge is -2.17. The summed E-state index contributed by atoms with van der Waals surface area (Å²) in [5.41, 5.74) is 0. The standard InChI is InChI=1S/C18H11F2S.C17H18F3OS.C16H16F3O2S.C14H14O2S.C10H12O2S/c19-12-9-13(20)11-14(10-12)21-17-7-3-1-5-15(17)16-6-2-4-8-18(16)21;18-17(19,20)12-21-15-8-9-16(22-10-4-1-5-11-22)14-7-3-2-6-13(14)15;17-16(18,19)11-21-14-5-6-15(22-9-7-20-8-10-22)13-4-2-1-3-12(13)14;15-13-5-6-14(17-9-7-16-8-10-17)12-4-2-1-3-11(12)13;11-9-1-3-10(4-2-9)13-7-5-12-6-8-13/h1-11H;2-3,6-9H,1,4-5,10-12H2;1-6H,7-11H2;1-6H,7-10H2;1-4H,5-8H2/q3*+1;;/p+2. The van der Waals surface area contributed by atoms with Gasteiger partial charge in [0.25, 0.3) is 0 Å². The van der Waals surface area contributed by atoms with Crippen molar-refractivity contribution in [2.45, 2.75) is 51.2 Å². The summed E-state index contributed by atoms with van der Waals surface area (Å²) >= 11 is 0. The molecule has 4 aliphatic heterocycles. The van der Waals surface area contributed by atoms with E-state index >= 15 is 0 Å². The van der Waals surface area contributed by atoms with Crippen LogP contribution in [-0.2, 0) is 57.8 Å². The predicted octanol–water partition coefficient (Wildman–Crippen LogP) is 18.7. The fourth-order valence-corrected chi connectivity index (χ4v) is 22.6. The summed E-state index contributed by atoms with van der Waals surface area (Å²) in [7, 11) is 0.475. The third kappa shape index (κ3) is 18.4. The first kappa shape index (κ1) is 69.5. The number of phenolic OH excluding ortho intramolecular Hbond substituents is 2. The monoisotopic (exact) mass is 1400 g/mol. The molecular weight excluding hydrogens is 1330 g/mol. The summed E-state index contributed by atoms with van der Waals surface area (Å²) in [4.78, 5) is 5.88. The summed E-state index contributed by atoms with van der Waals surface area (Å²) in [5.74, 6) is 9.05. The minimum absolute atomic E-state index is 0.0853. The Kier molecular flexibility index (Phi) is 24.1. The van der Waals surface area contributed by atoms with Gasteiger partial charge in [0.05, 0.1) is 39.6 Å². The second-order valence-electron chi connectivity index (χ2n) is 22.6. The fraction of sp³-hybridized carbons (Fsp3) is 0.280. The number of thiophene rings is 1. The van der Waals surface area contributed by atoms with Gasteiger partial charge in [-0.1, -0.05) is 78.9 Å². The number of hydrogen-bond donors (Lipinski definition) is 2. The maximum atomic E-state index is 13.6. The number of benzene rings is 10. The molecule has 0 atom stereocenters. The highest BCUT2D eigenvalue weighted by Crippen LogP contribution is 2.48. The van der Waals surface area contributed by atoms with Gasteiger partial charge in [-0.3, -0.25) is 0 Å². The minimum atomic E-state index is -4.33. The highest BCUT2D eigenvalue weighted by Gasteiger charge is 2.34. The highest BCUT2D eigenvalue weighted by molar-refractivity contribution is 7.98. The zero-order chi connectivity index (χ0) is 66.3. The molecule has 2 N–H and O–H groups in total. The number of hydrogen-bond acceptors (Lipinski definition) is 7. The summed E-state index contributed by atoms with van der Waals surface area (Å²) in [6, 6.07) is 61.8. The average Bonchev–Trinajstić information content (AvgIpc) is 1.65. The van der Waals surface area contributed by atoms with Crippen LogP contribution in [0.5, 0.6) is 23.0 Å². The molecule has 11 aromatic rings. The van der Waals surface area contributed by atoms with Crippen LogP contribution in [0.2, 0.25) is 0 Å². The number of alkyl halides is 6. The molecule has 95 heavy (non-hydrogen) atoms. The smallest absolute Gasteiger partial charge is 0.422 e. The Balaban J connectivity index is 0.000000122. The molecule has 7 nitrogen and oxygen atoms in total. The first-order chi connectivity index (χ1) is 46.0. The van der Waals surface area contributed by atoms with Gasteiger partial charge >= 0.3 is 12.4 Å². The van der Waals surface area contributed by atoms with Gasteiger partial charge in [0.2, 0.25) is 0 Å². The van der Waals surface area contributed by atoms with Gasteiger partial charge in [-0.2, -0.15) is 26.3 Å². The van der Waals surface area contributed by atoms with Crippen LogP contribution in [-0.4, -0.2) is 121 Å². The molecule has 4 saturated heterocycles. The Bertz CT molecular complexity index is 4130. The molecule has 20 heteroatoms. The van der Waals surface area contributed by atoms with Crippen LogP contribution < -0.4 is 9.47 Å². The average molecular weight is 1400 g/mol. The lowest BCUT2D eigenvalue weighted by atomic mass is 10.1. The third-order valence-electron chi connectivity index (χ3n) is 16.1. The van der Waals surface area contributed by atoms with Gasteiger partial charge in [-0.25, -0.2) is 8.78 Å². The van der Waals surface area contributed by atoms with Gasteiger partial charge < -0.3 is 33.9 Å². The van der Waals surface area contributed by atoms with Crippen LogP contribution in [0.3, 0.4) is 0 Å². The van der Waals surface area contributed by atoms with Crippen molar-refractivity contribution in [3.8, 4) is 27.9 Å². The van der Waals surface area contributed by atoms with Crippen molar-refractivity contribution in [3.63, 3.8) is 0 Å². The lowest BCUT2D eigenvalue weighted by molar-refractivity contribution is -0.153. The summed E-state index contributed by atoms with van der Waals surface area (Å²) in [5, 5.41) is 27.0. The van der Waals surface area contributed by atoms with Crippen molar-refractivity contribution in [1.82, 2.24) is 0 Å². The molecule has 0 radical (unpaired) electrons. The quantitative estimate of drug-likeness (QED) is 0.110. The first-order valence-corrected chi connectivity index (χ1v) is 38.8. The van der Waals surface area contributed by atoms with E-state index in [-0.39, 0.29) is 38.4 Å². The number of phenols is 2. The Hall–Kier alpha value is -6.88. The predicted molar refractivity (Wildman–Crippen MR) is 378 cm³/mol. The van der Waals surface area contributed by atoms with E-state index in [4.69, 9.17) is 28.8 Å². The van der Waals surface area contributed by atoms with E-state index in [0.717, 1.165) is 127 Å². The van der Waals surface area contributed by atoms with Crippen molar-refractivity contribution in [2.24, 2.45) is 0 Å². The van der Waals surface area contributed by atoms with Gasteiger partial charge in [0, 0.05) is 115 Å². The number of aromatic hydroxyl groups is 2. The molecule has 496 valence electrons. The molecule has 4 aliphatic rings. The van der Waals surface area contributed by atoms with Crippen molar-refractivity contribution < 1.29 is 69.0 Å². The third-order valence-corrected chi connectivity index (χ3v) is 27.8. The van der Waals surface area contributed by atoms with Crippen LogP contribution >= 0.6 is 10.5 Å². The van der Waals surface area contributed by atoms with E-state index in [1.807, 2.05) is 133 Å². The zero-order valence-corrected chi connectivity index (χ0v) is 56.1. The molecular formula is C75H73F8O7S5+5. The van der Waals surface area contributed by atoms with E-state index in [2.05, 4.69) is 24.3 Å². The Morgan fingerprint density at radius 2 is 0.705 bits per heavy atom. The van der Waals surface area contributed by atoms with Crippen molar-refractivity contribution >= 4 is 107 Å². The molecule has 0 saturated carbocycles. The van der Waals surface area contributed by atoms with Crippen LogP contribution in [0, 0.1) is 11.6 Å². The Morgan fingerprint density at radius 3 is 1.14 bits per heavy atom.